The molecule has 6 rings (SSSR count). The molecule has 0 amide bonds. The van der Waals surface area contributed by atoms with Crippen molar-refractivity contribution in [3.05, 3.63) is 46.1 Å². The van der Waals surface area contributed by atoms with E-state index in [4.69, 9.17) is 30.5 Å². The highest BCUT2D eigenvalue weighted by Gasteiger charge is 2.48. The van der Waals surface area contributed by atoms with E-state index in [9.17, 15) is 13.9 Å². The Morgan fingerprint density at radius 2 is 1.76 bits per heavy atom. The third-order valence-electron chi connectivity index (χ3n) is 7.04. The molecule has 1 aromatic carbocycles. The molecule has 0 aliphatic carbocycles. The first-order chi connectivity index (χ1) is 17.9. The van der Waals surface area contributed by atoms with Crippen LogP contribution in [-0.4, -0.2) is 76.9 Å². The first-order valence-corrected chi connectivity index (χ1v) is 12.8. The summed E-state index contributed by atoms with van der Waals surface area (Å²) >= 11 is 6.42. The van der Waals surface area contributed by atoms with Crippen molar-refractivity contribution < 1.29 is 32.8 Å². The van der Waals surface area contributed by atoms with Gasteiger partial charge in [0.1, 0.15) is 41.8 Å². The second kappa shape index (κ2) is 10.3. The molecule has 0 saturated carbocycles. The number of rotatable bonds is 7. The Balaban J connectivity index is 1.13. The summed E-state index contributed by atoms with van der Waals surface area (Å²) in [6.07, 6.45) is -0.0746. The lowest BCUT2D eigenvalue weighted by Crippen LogP contribution is -2.34. The van der Waals surface area contributed by atoms with Crippen LogP contribution in [-0.2, 0) is 22.3 Å². The van der Waals surface area contributed by atoms with Crippen molar-refractivity contribution in [1.29, 1.82) is 0 Å². The lowest BCUT2D eigenvalue weighted by atomic mass is 10.1. The number of imidazole rings is 1. The third kappa shape index (κ3) is 5.10. The largest absolute Gasteiger partial charge is 0.490 e. The number of hydrogen-bond acceptors (Lipinski definition) is 8. The summed E-state index contributed by atoms with van der Waals surface area (Å²) in [5.41, 5.74) is 1.34. The zero-order chi connectivity index (χ0) is 25.5. The van der Waals surface area contributed by atoms with Crippen LogP contribution >= 0.6 is 11.6 Å². The van der Waals surface area contributed by atoms with Gasteiger partial charge >= 0.3 is 0 Å². The fourth-order valence-electron chi connectivity index (χ4n) is 5.09. The van der Waals surface area contributed by atoms with E-state index in [1.54, 1.807) is 6.07 Å². The maximum Gasteiger partial charge on any atom is 0.296 e. The number of hydrogen-bond donors (Lipinski definition) is 3. The number of H-pyrrole nitrogens is 1. The van der Waals surface area contributed by atoms with Crippen LogP contribution in [0, 0.1) is 11.6 Å². The Morgan fingerprint density at radius 3 is 2.54 bits per heavy atom. The van der Waals surface area contributed by atoms with Gasteiger partial charge in [-0.15, -0.1) is 0 Å². The number of aliphatic hydroxyl groups is 1. The molecule has 12 heteroatoms. The maximum absolute atomic E-state index is 14.8. The first kappa shape index (κ1) is 24.7. The summed E-state index contributed by atoms with van der Waals surface area (Å²) < 4.78 is 52.4. The molecule has 5 heterocycles. The molecule has 0 spiro atoms. The van der Waals surface area contributed by atoms with Gasteiger partial charge in [0.05, 0.1) is 29.4 Å². The van der Waals surface area contributed by atoms with E-state index in [0.29, 0.717) is 21.9 Å². The SMILES string of the molecule is O[C@@H]1CO[C@H]2[C@@H]1OC[C@H]2Oc1nc2nc(CCc3c(F)cc(OC4CCNCC4)cc3F)c(Cl)cc2[nH]1. The Bertz CT molecular complexity index is 1260. The zero-order valence-corrected chi connectivity index (χ0v) is 20.6. The summed E-state index contributed by atoms with van der Waals surface area (Å²) in [5.74, 6) is -1.12. The number of aliphatic hydroxyl groups excluding tert-OH is 1. The number of ether oxygens (including phenoxy) is 4. The van der Waals surface area contributed by atoms with E-state index < -0.39 is 29.9 Å². The number of pyridine rings is 1. The summed E-state index contributed by atoms with van der Waals surface area (Å²) in [5, 5.41) is 13.5. The lowest BCUT2D eigenvalue weighted by Gasteiger charge is -2.24. The van der Waals surface area contributed by atoms with E-state index in [0.717, 1.165) is 25.9 Å². The molecule has 3 N–H and O–H groups in total. The Hall–Kier alpha value is -2.57. The molecule has 3 fully saturated rings. The molecular formula is C25H27ClF2N4O5. The van der Waals surface area contributed by atoms with E-state index in [-0.39, 0.29) is 55.6 Å². The predicted octanol–water partition coefficient (Wildman–Crippen LogP) is 2.71. The quantitative estimate of drug-likeness (QED) is 0.423. The van der Waals surface area contributed by atoms with Crippen LogP contribution < -0.4 is 14.8 Å². The number of aryl methyl sites for hydroxylation is 1. The number of aromatic amines is 1. The third-order valence-corrected chi connectivity index (χ3v) is 7.36. The minimum absolute atomic E-state index is 0.0452. The van der Waals surface area contributed by atoms with E-state index >= 15 is 0 Å². The van der Waals surface area contributed by atoms with E-state index in [2.05, 4.69) is 20.3 Å². The Morgan fingerprint density at radius 1 is 1.00 bits per heavy atom. The number of nitrogens with one attached hydrogen (secondary N) is 2. The number of halogens is 3. The van der Waals surface area contributed by atoms with Crippen LogP contribution in [0.1, 0.15) is 24.1 Å². The molecule has 198 valence electrons. The molecular weight excluding hydrogens is 510 g/mol. The first-order valence-electron chi connectivity index (χ1n) is 12.4. The molecule has 9 nitrogen and oxygen atoms in total. The highest BCUT2D eigenvalue weighted by molar-refractivity contribution is 6.31. The van der Waals surface area contributed by atoms with Crippen molar-refractivity contribution in [1.82, 2.24) is 20.3 Å². The number of fused-ring (bicyclic) bond motifs is 2. The molecule has 3 saturated heterocycles. The molecule has 2 aromatic heterocycles. The lowest BCUT2D eigenvalue weighted by molar-refractivity contribution is 0.00706. The van der Waals surface area contributed by atoms with Gasteiger partial charge in [0, 0.05) is 17.7 Å². The monoisotopic (exact) mass is 536 g/mol. The van der Waals surface area contributed by atoms with Crippen molar-refractivity contribution >= 4 is 22.8 Å². The maximum atomic E-state index is 14.8. The summed E-state index contributed by atoms with van der Waals surface area (Å²) in [6, 6.07) is 4.35. The van der Waals surface area contributed by atoms with Crippen LogP contribution in [0.15, 0.2) is 18.2 Å². The Labute approximate surface area is 216 Å². The topological polar surface area (TPSA) is 111 Å². The standard InChI is InChI=1S/C25H27ClF2N4O5/c26-15-9-19-24(32-25(31-19)37-21-11-35-22-20(33)10-34-23(21)22)30-18(15)2-1-14-16(27)7-13(8-17(14)28)36-12-3-5-29-6-4-12/h7-9,12,20-23,29,33H,1-6,10-11H2,(H,30,31,32)/t20-,21-,22-,23-/m1/s1. The van der Waals surface area contributed by atoms with Crippen molar-refractivity contribution in [2.45, 2.75) is 56.2 Å². The van der Waals surface area contributed by atoms with Crippen molar-refractivity contribution in [2.75, 3.05) is 26.3 Å². The highest BCUT2D eigenvalue weighted by Crippen LogP contribution is 2.31. The van der Waals surface area contributed by atoms with Gasteiger partial charge in [-0.05, 0) is 44.8 Å². The molecule has 3 aliphatic rings. The van der Waals surface area contributed by atoms with E-state index in [1.807, 2.05) is 0 Å². The van der Waals surface area contributed by atoms with Crippen LogP contribution in [0.3, 0.4) is 0 Å². The summed E-state index contributed by atoms with van der Waals surface area (Å²) in [4.78, 5) is 11.9. The normalized spacial score (nSPS) is 26.1. The van der Waals surface area contributed by atoms with Gasteiger partial charge in [0.25, 0.3) is 6.01 Å². The predicted molar refractivity (Wildman–Crippen MR) is 129 cm³/mol. The number of aromatic nitrogens is 3. The van der Waals surface area contributed by atoms with Crippen LogP contribution in [0.5, 0.6) is 11.8 Å². The number of piperidine rings is 1. The average Bonchev–Trinajstić information content (AvgIpc) is 3.56. The second-order valence-electron chi connectivity index (χ2n) is 9.58. The number of benzene rings is 1. The minimum atomic E-state index is -0.676. The average molecular weight is 537 g/mol. The van der Waals surface area contributed by atoms with Gasteiger partial charge in [0.15, 0.2) is 11.8 Å². The zero-order valence-electron chi connectivity index (χ0n) is 19.9. The Kier molecular flexibility index (Phi) is 6.89. The fraction of sp³-hybridized carbons (Fsp3) is 0.520. The smallest absolute Gasteiger partial charge is 0.296 e. The molecule has 4 atom stereocenters. The van der Waals surface area contributed by atoms with Crippen LogP contribution in [0.4, 0.5) is 8.78 Å². The molecule has 3 aliphatic heterocycles. The molecule has 0 unspecified atom stereocenters. The fourth-order valence-corrected chi connectivity index (χ4v) is 5.33. The summed E-state index contributed by atoms with van der Waals surface area (Å²) in [6.45, 7) is 2.11. The van der Waals surface area contributed by atoms with Gasteiger partial charge in [-0.1, -0.05) is 11.6 Å². The second-order valence-corrected chi connectivity index (χ2v) is 9.99. The molecule has 3 aromatic rings. The molecule has 0 bridgehead atoms. The van der Waals surface area contributed by atoms with E-state index in [1.165, 1.54) is 12.1 Å². The minimum Gasteiger partial charge on any atom is -0.490 e. The molecule has 0 radical (unpaired) electrons. The van der Waals surface area contributed by atoms with Gasteiger partial charge in [0.2, 0.25) is 0 Å². The van der Waals surface area contributed by atoms with Gasteiger partial charge < -0.3 is 34.4 Å². The van der Waals surface area contributed by atoms with Crippen LogP contribution in [0.2, 0.25) is 5.02 Å². The van der Waals surface area contributed by atoms with Crippen LogP contribution in [0.25, 0.3) is 11.2 Å². The molecule has 37 heavy (non-hydrogen) atoms. The van der Waals surface area contributed by atoms with Crippen molar-refractivity contribution in [3.63, 3.8) is 0 Å². The van der Waals surface area contributed by atoms with Gasteiger partial charge in [-0.25, -0.2) is 13.8 Å². The van der Waals surface area contributed by atoms with Gasteiger partial charge in [-0.2, -0.15) is 4.98 Å². The highest BCUT2D eigenvalue weighted by atomic mass is 35.5. The number of nitrogens with zero attached hydrogens (tertiary/aromatic N) is 2. The van der Waals surface area contributed by atoms with Crippen molar-refractivity contribution in [3.8, 4) is 11.8 Å². The van der Waals surface area contributed by atoms with Crippen molar-refractivity contribution in [2.24, 2.45) is 0 Å². The van der Waals surface area contributed by atoms with Gasteiger partial charge in [-0.3, -0.25) is 0 Å². The summed E-state index contributed by atoms with van der Waals surface area (Å²) in [7, 11) is 0.